The van der Waals surface area contributed by atoms with Crippen molar-refractivity contribution in [1.29, 1.82) is 0 Å². The Balaban J connectivity index is 2.39. The summed E-state index contributed by atoms with van der Waals surface area (Å²) < 4.78 is 13.2. The molecule has 18 heavy (non-hydrogen) atoms. The van der Waals surface area contributed by atoms with Gasteiger partial charge in [0.05, 0.1) is 0 Å². The number of alkyl halides is 1. The molecule has 3 heteroatoms. The maximum Gasteiger partial charge on any atom is 0.123 e. The molecule has 0 aromatic heterocycles. The van der Waals surface area contributed by atoms with Crippen molar-refractivity contribution in [3.05, 3.63) is 59.4 Å². The lowest BCUT2D eigenvalue weighted by atomic mass is 10.1. The van der Waals surface area contributed by atoms with Gasteiger partial charge >= 0.3 is 0 Å². The van der Waals surface area contributed by atoms with Crippen LogP contribution in [0.1, 0.15) is 11.1 Å². The van der Waals surface area contributed by atoms with Gasteiger partial charge in [-0.05, 0) is 42.8 Å². The number of aryl methyl sites for hydroxylation is 1. The van der Waals surface area contributed by atoms with E-state index in [1.54, 1.807) is 6.07 Å². The summed E-state index contributed by atoms with van der Waals surface area (Å²) in [7, 11) is 1.95. The number of hydrogen-bond acceptors (Lipinski definition) is 1. The van der Waals surface area contributed by atoms with Crippen molar-refractivity contribution in [2.45, 2.75) is 12.8 Å². The van der Waals surface area contributed by atoms with Gasteiger partial charge in [-0.25, -0.2) is 4.39 Å². The lowest BCUT2D eigenvalue weighted by Crippen LogP contribution is -2.11. The fraction of sp³-hybridized carbons (Fsp3) is 0.200. The Kier molecular flexibility index (Phi) is 3.87. The average Bonchev–Trinajstić information content (AvgIpc) is 2.38. The number of hydrogen-bond donors (Lipinski definition) is 0. The lowest BCUT2D eigenvalue weighted by Gasteiger charge is -2.22. The number of rotatable bonds is 3. The molecule has 0 saturated carbocycles. The van der Waals surface area contributed by atoms with Crippen LogP contribution in [0.3, 0.4) is 0 Å². The Hall–Kier alpha value is -1.54. The van der Waals surface area contributed by atoms with Crippen LogP contribution in [0.4, 0.5) is 15.8 Å². The predicted octanol–water partition coefficient (Wildman–Crippen LogP) is 4.64. The third kappa shape index (κ3) is 2.65. The van der Waals surface area contributed by atoms with Gasteiger partial charge in [0.1, 0.15) is 5.82 Å². The van der Waals surface area contributed by atoms with Crippen LogP contribution < -0.4 is 4.90 Å². The minimum atomic E-state index is -0.258. The molecular weight excluding hydrogens is 249 g/mol. The maximum atomic E-state index is 13.2. The van der Waals surface area contributed by atoms with Crippen LogP contribution in [0.25, 0.3) is 0 Å². The van der Waals surface area contributed by atoms with Crippen molar-refractivity contribution in [1.82, 2.24) is 0 Å². The second kappa shape index (κ2) is 5.40. The van der Waals surface area contributed by atoms with E-state index in [9.17, 15) is 4.39 Å². The van der Waals surface area contributed by atoms with Gasteiger partial charge in [-0.1, -0.05) is 17.7 Å². The van der Waals surface area contributed by atoms with E-state index in [-0.39, 0.29) is 5.82 Å². The van der Waals surface area contributed by atoms with Crippen LogP contribution in [0.15, 0.2) is 42.5 Å². The Bertz CT molecular complexity index is 537. The first-order valence-electron chi connectivity index (χ1n) is 5.76. The Morgan fingerprint density at radius 3 is 2.39 bits per heavy atom. The van der Waals surface area contributed by atoms with Gasteiger partial charge in [0, 0.05) is 24.3 Å². The highest BCUT2D eigenvalue weighted by molar-refractivity contribution is 6.17. The zero-order valence-corrected chi connectivity index (χ0v) is 11.2. The second-order valence-corrected chi connectivity index (χ2v) is 4.57. The zero-order chi connectivity index (χ0) is 13.1. The molecule has 0 bridgehead atoms. The van der Waals surface area contributed by atoms with E-state index in [0.29, 0.717) is 5.88 Å². The Labute approximate surface area is 112 Å². The highest BCUT2D eigenvalue weighted by Crippen LogP contribution is 2.28. The van der Waals surface area contributed by atoms with Crippen LogP contribution in [0, 0.1) is 12.7 Å². The second-order valence-electron chi connectivity index (χ2n) is 4.30. The third-order valence-corrected chi connectivity index (χ3v) is 3.26. The third-order valence-electron chi connectivity index (χ3n) is 2.97. The first kappa shape index (κ1) is 12.9. The molecular formula is C15H15ClFN. The van der Waals surface area contributed by atoms with Gasteiger partial charge in [-0.2, -0.15) is 0 Å². The molecule has 0 fully saturated rings. The number of anilines is 2. The number of halogens is 2. The van der Waals surface area contributed by atoms with Crippen LogP contribution in [0.5, 0.6) is 0 Å². The lowest BCUT2D eigenvalue weighted by molar-refractivity contribution is 0.626. The van der Waals surface area contributed by atoms with Gasteiger partial charge in [-0.3, -0.25) is 0 Å². The Morgan fingerprint density at radius 2 is 1.78 bits per heavy atom. The number of benzene rings is 2. The topological polar surface area (TPSA) is 3.24 Å². The van der Waals surface area contributed by atoms with Crippen molar-refractivity contribution < 1.29 is 4.39 Å². The fourth-order valence-corrected chi connectivity index (χ4v) is 2.11. The normalized spacial score (nSPS) is 10.4. The molecule has 0 aliphatic carbocycles. The summed E-state index contributed by atoms with van der Waals surface area (Å²) in [6.07, 6.45) is 0. The molecule has 1 nitrogen and oxygen atoms in total. The van der Waals surface area contributed by atoms with Crippen molar-refractivity contribution in [3.63, 3.8) is 0 Å². The summed E-state index contributed by atoms with van der Waals surface area (Å²) in [6, 6.07) is 12.9. The molecule has 94 valence electrons. The average molecular weight is 264 g/mol. The van der Waals surface area contributed by atoms with Gasteiger partial charge in [0.15, 0.2) is 0 Å². The van der Waals surface area contributed by atoms with Gasteiger partial charge in [-0.15, -0.1) is 11.6 Å². The molecule has 0 atom stereocenters. The van der Waals surface area contributed by atoms with Crippen molar-refractivity contribution in [2.24, 2.45) is 0 Å². The predicted molar refractivity (Wildman–Crippen MR) is 75.2 cm³/mol. The Morgan fingerprint density at radius 1 is 1.11 bits per heavy atom. The highest BCUT2D eigenvalue weighted by atomic mass is 35.5. The first-order valence-corrected chi connectivity index (χ1v) is 6.30. The van der Waals surface area contributed by atoms with E-state index >= 15 is 0 Å². The number of nitrogens with zero attached hydrogens (tertiary/aromatic N) is 1. The molecule has 0 aliphatic rings. The maximum absolute atomic E-state index is 13.2. The fourth-order valence-electron chi connectivity index (χ4n) is 1.90. The van der Waals surface area contributed by atoms with E-state index in [1.807, 2.05) is 31.0 Å². The summed E-state index contributed by atoms with van der Waals surface area (Å²) >= 11 is 5.87. The summed E-state index contributed by atoms with van der Waals surface area (Å²) in [5.41, 5.74) is 3.98. The summed E-state index contributed by atoms with van der Waals surface area (Å²) in [5.74, 6) is 0.0373. The molecule has 2 aromatic rings. The summed E-state index contributed by atoms with van der Waals surface area (Å²) in [6.45, 7) is 2.05. The van der Waals surface area contributed by atoms with E-state index < -0.39 is 0 Å². The van der Waals surface area contributed by atoms with Crippen molar-refractivity contribution in [3.8, 4) is 0 Å². The minimum Gasteiger partial charge on any atom is -0.344 e. The zero-order valence-electron chi connectivity index (χ0n) is 10.5. The molecule has 2 aromatic carbocycles. The van der Waals surface area contributed by atoms with E-state index in [0.717, 1.165) is 16.9 Å². The monoisotopic (exact) mass is 263 g/mol. The van der Waals surface area contributed by atoms with Crippen LogP contribution in [0.2, 0.25) is 0 Å². The first-order chi connectivity index (χ1) is 8.61. The molecule has 0 radical (unpaired) electrons. The van der Waals surface area contributed by atoms with E-state index in [4.69, 9.17) is 11.6 Å². The van der Waals surface area contributed by atoms with Crippen molar-refractivity contribution in [2.75, 3.05) is 11.9 Å². The smallest absolute Gasteiger partial charge is 0.123 e. The van der Waals surface area contributed by atoms with E-state index in [1.165, 1.54) is 17.7 Å². The molecule has 0 aliphatic heterocycles. The molecule has 0 heterocycles. The minimum absolute atomic E-state index is 0.258. The SMILES string of the molecule is Cc1ccc(N(C)c2ccc(F)cc2CCl)cc1. The van der Waals surface area contributed by atoms with Gasteiger partial charge < -0.3 is 4.90 Å². The van der Waals surface area contributed by atoms with Gasteiger partial charge in [0.2, 0.25) is 0 Å². The van der Waals surface area contributed by atoms with Gasteiger partial charge in [0.25, 0.3) is 0 Å². The van der Waals surface area contributed by atoms with Crippen molar-refractivity contribution >= 4 is 23.0 Å². The molecule has 0 spiro atoms. The molecule has 0 unspecified atom stereocenters. The highest BCUT2D eigenvalue weighted by Gasteiger charge is 2.09. The quantitative estimate of drug-likeness (QED) is 0.729. The molecule has 0 saturated heterocycles. The molecule has 2 rings (SSSR count). The largest absolute Gasteiger partial charge is 0.344 e. The molecule has 0 N–H and O–H groups in total. The molecule has 0 amide bonds. The summed E-state index contributed by atoms with van der Waals surface area (Å²) in [5, 5.41) is 0. The summed E-state index contributed by atoms with van der Waals surface area (Å²) in [4.78, 5) is 2.01. The van der Waals surface area contributed by atoms with Crippen LogP contribution in [-0.2, 0) is 5.88 Å². The van der Waals surface area contributed by atoms with E-state index in [2.05, 4.69) is 12.1 Å². The van der Waals surface area contributed by atoms with Crippen LogP contribution >= 0.6 is 11.6 Å². The van der Waals surface area contributed by atoms with Crippen LogP contribution in [-0.4, -0.2) is 7.05 Å². The standard InChI is InChI=1S/C15H15ClFN/c1-11-3-6-14(7-4-11)18(2)15-8-5-13(17)9-12(15)10-16/h3-9H,10H2,1-2H3.